The van der Waals surface area contributed by atoms with Gasteiger partial charge in [0.05, 0.1) is 21.8 Å². The normalized spacial score (nSPS) is 19.1. The highest BCUT2D eigenvalue weighted by Gasteiger charge is 2.38. The molecule has 2 aromatic carbocycles. The molecule has 0 spiro atoms. The fourth-order valence-electron chi connectivity index (χ4n) is 4.24. The van der Waals surface area contributed by atoms with Crippen molar-refractivity contribution in [3.63, 3.8) is 0 Å². The summed E-state index contributed by atoms with van der Waals surface area (Å²) in [5, 5.41) is 0.696. The highest BCUT2D eigenvalue weighted by molar-refractivity contribution is 7.22. The molecule has 0 radical (unpaired) electrons. The summed E-state index contributed by atoms with van der Waals surface area (Å²) < 4.78 is 1.06. The number of carbonyl (C=O) groups is 2. The van der Waals surface area contributed by atoms with Crippen LogP contribution in [-0.4, -0.2) is 34.8 Å². The van der Waals surface area contributed by atoms with Gasteiger partial charge in [-0.3, -0.25) is 14.5 Å². The molecule has 5 nitrogen and oxygen atoms in total. The molecule has 1 aliphatic carbocycles. The summed E-state index contributed by atoms with van der Waals surface area (Å²) in [6, 6.07) is 15.9. The smallest absolute Gasteiger partial charge is 0.238 e. The molecule has 2 heterocycles. The second-order valence-corrected chi connectivity index (χ2v) is 9.33. The summed E-state index contributed by atoms with van der Waals surface area (Å²) in [6.07, 6.45) is 3.67. The van der Waals surface area contributed by atoms with Crippen molar-refractivity contribution < 1.29 is 9.59 Å². The number of amides is 2. The van der Waals surface area contributed by atoms with Gasteiger partial charge in [0, 0.05) is 19.0 Å². The number of fused-ring (bicyclic) bond motifs is 1. The molecular weight excluding hydrogens is 394 g/mol. The molecule has 1 atom stereocenters. The average molecular weight is 420 g/mol. The van der Waals surface area contributed by atoms with Crippen LogP contribution in [0.25, 0.3) is 10.2 Å². The van der Waals surface area contributed by atoms with Crippen molar-refractivity contribution in [2.24, 2.45) is 11.8 Å². The highest BCUT2D eigenvalue weighted by Crippen LogP contribution is 2.38. The third-order valence-electron chi connectivity index (χ3n) is 6.06. The number of anilines is 2. The Bertz CT molecular complexity index is 1070. The Hall–Kier alpha value is -2.73. The van der Waals surface area contributed by atoms with Crippen LogP contribution in [0.15, 0.2) is 48.5 Å². The molecule has 1 saturated carbocycles. The third kappa shape index (κ3) is 3.60. The van der Waals surface area contributed by atoms with Crippen LogP contribution >= 0.6 is 11.3 Å². The van der Waals surface area contributed by atoms with Gasteiger partial charge in [-0.1, -0.05) is 41.7 Å². The maximum absolute atomic E-state index is 13.8. The molecule has 1 unspecified atom stereocenters. The largest absolute Gasteiger partial charge is 0.342 e. The summed E-state index contributed by atoms with van der Waals surface area (Å²) >= 11 is 1.54. The highest BCUT2D eigenvalue weighted by atomic mass is 32.1. The van der Waals surface area contributed by atoms with Crippen LogP contribution < -0.4 is 4.90 Å². The van der Waals surface area contributed by atoms with Crippen molar-refractivity contribution in [1.82, 2.24) is 9.88 Å². The van der Waals surface area contributed by atoms with Gasteiger partial charge in [-0.05, 0) is 56.4 Å². The summed E-state index contributed by atoms with van der Waals surface area (Å²) in [6.45, 7) is 3.30. The standard InChI is InChI=1S/C24H25N3O2S/c1-16-7-2-4-10-20(16)27(24-25-19-9-3-5-11-21(19)30-24)23(29)18-8-6-14-26(15-18)22(28)17-12-13-17/h2-5,7,9-11,17-18H,6,8,12-15H2,1H3. The molecular formula is C24H25N3O2S. The molecule has 1 aromatic heterocycles. The quantitative estimate of drug-likeness (QED) is 0.603. The second kappa shape index (κ2) is 7.84. The predicted molar refractivity (Wildman–Crippen MR) is 120 cm³/mol. The van der Waals surface area contributed by atoms with Crippen molar-refractivity contribution in [3.05, 3.63) is 54.1 Å². The summed E-state index contributed by atoms with van der Waals surface area (Å²) in [4.78, 5) is 34.9. The lowest BCUT2D eigenvalue weighted by molar-refractivity contribution is -0.136. The lowest BCUT2D eigenvalue weighted by Crippen LogP contribution is -2.46. The number of para-hydroxylation sites is 2. The number of hydrogen-bond donors (Lipinski definition) is 0. The van der Waals surface area contributed by atoms with E-state index in [-0.39, 0.29) is 23.7 Å². The van der Waals surface area contributed by atoms with E-state index in [9.17, 15) is 9.59 Å². The number of aryl methyl sites for hydroxylation is 1. The summed E-state index contributed by atoms with van der Waals surface area (Å²) in [5.41, 5.74) is 2.80. The van der Waals surface area contributed by atoms with E-state index in [4.69, 9.17) is 4.98 Å². The average Bonchev–Trinajstić information content (AvgIpc) is 3.54. The van der Waals surface area contributed by atoms with E-state index in [2.05, 4.69) is 0 Å². The van der Waals surface area contributed by atoms with E-state index in [0.717, 1.165) is 53.7 Å². The van der Waals surface area contributed by atoms with Crippen molar-refractivity contribution in [2.45, 2.75) is 32.6 Å². The molecule has 1 saturated heterocycles. The SMILES string of the molecule is Cc1ccccc1N(C(=O)C1CCCN(C(=O)C2CC2)C1)c1nc2ccccc2s1. The molecule has 2 fully saturated rings. The minimum Gasteiger partial charge on any atom is -0.342 e. The second-order valence-electron chi connectivity index (χ2n) is 8.32. The van der Waals surface area contributed by atoms with Gasteiger partial charge in [0.2, 0.25) is 11.8 Å². The lowest BCUT2D eigenvalue weighted by Gasteiger charge is -2.34. The third-order valence-corrected chi connectivity index (χ3v) is 7.08. The van der Waals surface area contributed by atoms with Crippen LogP contribution in [0, 0.1) is 18.8 Å². The number of nitrogens with zero attached hydrogens (tertiary/aromatic N) is 3. The van der Waals surface area contributed by atoms with Crippen molar-refractivity contribution in [1.29, 1.82) is 0 Å². The zero-order valence-electron chi connectivity index (χ0n) is 17.1. The Labute approximate surface area is 180 Å². The topological polar surface area (TPSA) is 53.5 Å². The molecule has 0 bridgehead atoms. The van der Waals surface area contributed by atoms with Crippen LogP contribution in [0.4, 0.5) is 10.8 Å². The van der Waals surface area contributed by atoms with Crippen molar-refractivity contribution in [2.75, 3.05) is 18.0 Å². The van der Waals surface area contributed by atoms with E-state index in [1.54, 1.807) is 4.90 Å². The van der Waals surface area contributed by atoms with Crippen LogP contribution in [0.5, 0.6) is 0 Å². The van der Waals surface area contributed by atoms with Gasteiger partial charge in [0.25, 0.3) is 0 Å². The number of thiazole rings is 1. The molecule has 0 N–H and O–H groups in total. The molecule has 3 aromatic rings. The first-order valence-corrected chi connectivity index (χ1v) is 11.5. The Morgan fingerprint density at radius 1 is 1.03 bits per heavy atom. The number of piperidine rings is 1. The molecule has 5 rings (SSSR count). The number of likely N-dealkylation sites (tertiary alicyclic amines) is 1. The number of benzene rings is 2. The van der Waals surface area contributed by atoms with E-state index in [1.165, 1.54) is 11.3 Å². The van der Waals surface area contributed by atoms with Gasteiger partial charge in [-0.25, -0.2) is 4.98 Å². The number of rotatable bonds is 4. The molecule has 2 amide bonds. The Kier molecular flexibility index (Phi) is 5.03. The zero-order chi connectivity index (χ0) is 20.7. The lowest BCUT2D eigenvalue weighted by atomic mass is 9.95. The molecule has 6 heteroatoms. The van der Waals surface area contributed by atoms with Gasteiger partial charge >= 0.3 is 0 Å². The van der Waals surface area contributed by atoms with Crippen LogP contribution in [0.1, 0.15) is 31.2 Å². The van der Waals surface area contributed by atoms with Crippen LogP contribution in [0.3, 0.4) is 0 Å². The first kappa shape index (κ1) is 19.2. The zero-order valence-corrected chi connectivity index (χ0v) is 17.9. The monoisotopic (exact) mass is 419 g/mol. The molecule has 2 aliphatic rings. The minimum atomic E-state index is -0.201. The maximum atomic E-state index is 13.8. The fourth-order valence-corrected chi connectivity index (χ4v) is 5.22. The maximum Gasteiger partial charge on any atom is 0.238 e. The van der Waals surface area contributed by atoms with E-state index in [0.29, 0.717) is 11.7 Å². The van der Waals surface area contributed by atoms with E-state index >= 15 is 0 Å². The van der Waals surface area contributed by atoms with Crippen LogP contribution in [0.2, 0.25) is 0 Å². The predicted octanol–water partition coefficient (Wildman–Crippen LogP) is 4.92. The summed E-state index contributed by atoms with van der Waals surface area (Å²) in [7, 11) is 0. The Morgan fingerprint density at radius 3 is 2.57 bits per heavy atom. The van der Waals surface area contributed by atoms with E-state index in [1.807, 2.05) is 60.4 Å². The Morgan fingerprint density at radius 2 is 1.80 bits per heavy atom. The van der Waals surface area contributed by atoms with Gasteiger partial charge in [0.15, 0.2) is 5.13 Å². The molecule has 154 valence electrons. The number of hydrogen-bond acceptors (Lipinski definition) is 4. The van der Waals surface area contributed by atoms with Crippen LogP contribution in [-0.2, 0) is 9.59 Å². The minimum absolute atomic E-state index is 0.0386. The Balaban J connectivity index is 1.50. The molecule has 1 aliphatic heterocycles. The van der Waals surface area contributed by atoms with Gasteiger partial charge in [-0.15, -0.1) is 0 Å². The molecule has 30 heavy (non-hydrogen) atoms. The van der Waals surface area contributed by atoms with Crippen molar-refractivity contribution >= 4 is 44.2 Å². The van der Waals surface area contributed by atoms with Gasteiger partial charge in [0.1, 0.15) is 0 Å². The fraction of sp³-hybridized carbons (Fsp3) is 0.375. The number of carbonyl (C=O) groups excluding carboxylic acids is 2. The van der Waals surface area contributed by atoms with Crippen molar-refractivity contribution in [3.8, 4) is 0 Å². The first-order valence-electron chi connectivity index (χ1n) is 10.7. The van der Waals surface area contributed by atoms with Gasteiger partial charge < -0.3 is 4.90 Å². The summed E-state index contributed by atoms with van der Waals surface area (Å²) in [5.74, 6) is 0.259. The first-order chi connectivity index (χ1) is 14.6. The number of aromatic nitrogens is 1. The van der Waals surface area contributed by atoms with E-state index < -0.39 is 0 Å². The van der Waals surface area contributed by atoms with Gasteiger partial charge in [-0.2, -0.15) is 0 Å².